The predicted molar refractivity (Wildman–Crippen MR) is 279 cm³/mol. The Balaban J connectivity index is 1.08. The SMILES string of the molecule is Cc1ccc(-c2ccc(-c3ccccc3-c3cc(-c4ccccc4-c4ccc(-c5ccc(C)cn5)cc4)cc(-c4ccccc4-c4ccc(-c5cc(OS(=O)(=O)C(F)(F)F)c(C)cn5)cc4)c3)cc2)nc1. The molecule has 348 valence electrons. The normalized spacial score (nSPS) is 11.6. The Kier molecular flexibility index (Phi) is 12.5. The molecule has 0 amide bonds. The van der Waals surface area contributed by atoms with E-state index in [0.717, 1.165) is 100 Å². The summed E-state index contributed by atoms with van der Waals surface area (Å²) in [5.74, 6) is -0.450. The Morgan fingerprint density at radius 3 is 1.00 bits per heavy atom. The van der Waals surface area contributed by atoms with E-state index in [0.29, 0.717) is 5.56 Å². The molecule has 0 aliphatic carbocycles. The van der Waals surface area contributed by atoms with Crippen molar-refractivity contribution < 1.29 is 25.8 Å². The van der Waals surface area contributed by atoms with Crippen molar-refractivity contribution in [1.82, 2.24) is 15.0 Å². The van der Waals surface area contributed by atoms with Crippen LogP contribution in [0.4, 0.5) is 13.2 Å². The summed E-state index contributed by atoms with van der Waals surface area (Å²) in [5.41, 5.74) is 13.7. The van der Waals surface area contributed by atoms with Gasteiger partial charge in [-0.15, -0.1) is 0 Å². The zero-order valence-electron chi connectivity index (χ0n) is 38.8. The first-order chi connectivity index (χ1) is 34.3. The lowest BCUT2D eigenvalue weighted by Gasteiger charge is -2.18. The lowest BCUT2D eigenvalue weighted by Crippen LogP contribution is -2.28. The van der Waals surface area contributed by atoms with Crippen molar-refractivity contribution in [2.24, 2.45) is 0 Å². The minimum absolute atomic E-state index is 0.140. The molecule has 0 spiro atoms. The van der Waals surface area contributed by atoms with E-state index in [2.05, 4.69) is 159 Å². The highest BCUT2D eigenvalue weighted by Gasteiger charge is 2.48. The maximum Gasteiger partial charge on any atom is 0.534 e. The first kappa shape index (κ1) is 46.3. The van der Waals surface area contributed by atoms with Crippen LogP contribution in [0.25, 0.3) is 101 Å². The van der Waals surface area contributed by atoms with E-state index in [1.807, 2.05) is 62.6 Å². The fraction of sp³-hybridized carbons (Fsp3) is 0.0656. The summed E-state index contributed by atoms with van der Waals surface area (Å²) in [6.45, 7) is 5.49. The number of benzene rings is 7. The standard InChI is InChI=1S/C61H44F3N3O3S/c1-39-16-30-57(65-36-39)45-24-18-42(19-25-45)51-10-4-7-13-54(51)48-32-49(55-14-8-5-11-52(55)43-20-26-46(27-21-43)58-31-17-40(2)37-66-58)34-50(33-48)56-15-9-6-12-53(56)44-22-28-47(29-23-44)59-35-60(41(3)38-67-59)70-71(68,69)61(62,63)64/h4-38H,1-3H3. The first-order valence-corrected chi connectivity index (χ1v) is 24.3. The zero-order chi connectivity index (χ0) is 49.3. The van der Waals surface area contributed by atoms with Crippen LogP contribution in [0.1, 0.15) is 16.7 Å². The zero-order valence-corrected chi connectivity index (χ0v) is 39.6. The van der Waals surface area contributed by atoms with Gasteiger partial charge in [-0.3, -0.25) is 15.0 Å². The van der Waals surface area contributed by atoms with Crippen LogP contribution in [0.3, 0.4) is 0 Å². The molecule has 0 bridgehead atoms. The van der Waals surface area contributed by atoms with Gasteiger partial charge in [-0.05, 0) is 129 Å². The third kappa shape index (κ3) is 9.75. The van der Waals surface area contributed by atoms with Crippen molar-refractivity contribution in [2.45, 2.75) is 26.3 Å². The fourth-order valence-corrected chi connectivity index (χ4v) is 9.22. The maximum atomic E-state index is 13.2. The highest BCUT2D eigenvalue weighted by molar-refractivity contribution is 7.88. The second-order valence-corrected chi connectivity index (χ2v) is 19.0. The minimum Gasteiger partial charge on any atom is -0.376 e. The minimum atomic E-state index is -5.88. The van der Waals surface area contributed by atoms with E-state index >= 15 is 0 Å². The lowest BCUT2D eigenvalue weighted by molar-refractivity contribution is -0.0500. The van der Waals surface area contributed by atoms with Crippen LogP contribution in [-0.2, 0) is 10.1 Å². The fourth-order valence-electron chi connectivity index (χ4n) is 8.71. The van der Waals surface area contributed by atoms with Crippen molar-refractivity contribution >= 4 is 10.1 Å². The summed E-state index contributed by atoms with van der Waals surface area (Å²) >= 11 is 0. The predicted octanol–water partition coefficient (Wildman–Crippen LogP) is 16.0. The molecule has 0 unspecified atom stereocenters. The summed E-state index contributed by atoms with van der Waals surface area (Å²) in [4.78, 5) is 13.7. The largest absolute Gasteiger partial charge is 0.534 e. The molecule has 0 fully saturated rings. The molecule has 0 aliphatic heterocycles. The summed E-state index contributed by atoms with van der Waals surface area (Å²) in [7, 11) is -5.88. The summed E-state index contributed by atoms with van der Waals surface area (Å²) in [5, 5.41) is 0. The molecule has 10 aromatic rings. The molecule has 0 N–H and O–H groups in total. The Morgan fingerprint density at radius 2 is 0.676 bits per heavy atom. The molecule has 3 aromatic heterocycles. The van der Waals surface area contributed by atoms with Gasteiger partial charge in [-0.1, -0.05) is 158 Å². The second kappa shape index (κ2) is 19.1. The van der Waals surface area contributed by atoms with Crippen molar-refractivity contribution in [1.29, 1.82) is 0 Å². The van der Waals surface area contributed by atoms with Gasteiger partial charge in [0.2, 0.25) is 0 Å². The molecule has 0 saturated heterocycles. The Morgan fingerprint density at radius 1 is 0.366 bits per heavy atom. The van der Waals surface area contributed by atoms with E-state index in [1.54, 1.807) is 12.1 Å². The van der Waals surface area contributed by atoms with Gasteiger partial charge in [-0.25, -0.2) is 0 Å². The van der Waals surface area contributed by atoms with Gasteiger partial charge < -0.3 is 4.18 Å². The molecule has 10 rings (SSSR count). The summed E-state index contributed by atoms with van der Waals surface area (Å²) in [6, 6.07) is 65.7. The Labute approximate surface area is 411 Å². The van der Waals surface area contributed by atoms with Gasteiger partial charge in [0.15, 0.2) is 0 Å². The molecule has 7 aromatic carbocycles. The highest BCUT2D eigenvalue weighted by Crippen LogP contribution is 2.43. The quantitative estimate of drug-likeness (QED) is 0.0949. The van der Waals surface area contributed by atoms with Gasteiger partial charge >= 0.3 is 15.6 Å². The number of halogens is 3. The molecular formula is C61H44F3N3O3S. The van der Waals surface area contributed by atoms with Crippen LogP contribution in [0.2, 0.25) is 0 Å². The third-order valence-electron chi connectivity index (χ3n) is 12.5. The second-order valence-electron chi connectivity index (χ2n) is 17.4. The van der Waals surface area contributed by atoms with Crippen LogP contribution < -0.4 is 4.18 Å². The Bertz CT molecular complexity index is 3520. The van der Waals surface area contributed by atoms with Gasteiger partial charge in [0.05, 0.1) is 17.1 Å². The summed E-state index contributed by atoms with van der Waals surface area (Å²) < 4.78 is 68.0. The number of pyridine rings is 3. The van der Waals surface area contributed by atoms with Gasteiger partial charge in [0, 0.05) is 46.9 Å². The van der Waals surface area contributed by atoms with E-state index in [1.165, 1.54) is 19.2 Å². The molecular weight excluding hydrogens is 912 g/mol. The third-order valence-corrected chi connectivity index (χ3v) is 13.4. The van der Waals surface area contributed by atoms with Crippen LogP contribution in [0, 0.1) is 20.8 Å². The van der Waals surface area contributed by atoms with E-state index in [4.69, 9.17) is 0 Å². The molecule has 0 aliphatic rings. The van der Waals surface area contributed by atoms with E-state index < -0.39 is 21.4 Å². The van der Waals surface area contributed by atoms with Gasteiger partial charge in [-0.2, -0.15) is 21.6 Å². The average Bonchev–Trinajstić information content (AvgIpc) is 3.39. The van der Waals surface area contributed by atoms with Crippen LogP contribution in [-0.4, -0.2) is 28.9 Å². The lowest BCUT2D eigenvalue weighted by atomic mass is 9.86. The first-order valence-electron chi connectivity index (χ1n) is 22.9. The van der Waals surface area contributed by atoms with Crippen LogP contribution in [0.15, 0.2) is 213 Å². The average molecular weight is 956 g/mol. The van der Waals surface area contributed by atoms with Crippen molar-refractivity contribution in [2.75, 3.05) is 0 Å². The number of hydrogen-bond donors (Lipinski definition) is 0. The monoisotopic (exact) mass is 955 g/mol. The number of aryl methyl sites for hydroxylation is 3. The number of rotatable bonds is 11. The topological polar surface area (TPSA) is 82.0 Å². The number of nitrogens with zero attached hydrogens (tertiary/aromatic N) is 3. The van der Waals surface area contributed by atoms with E-state index in [9.17, 15) is 21.6 Å². The van der Waals surface area contributed by atoms with Crippen LogP contribution >= 0.6 is 0 Å². The number of aromatic nitrogens is 3. The number of alkyl halides is 3. The number of hydrogen-bond acceptors (Lipinski definition) is 6. The van der Waals surface area contributed by atoms with Crippen molar-refractivity contribution in [3.63, 3.8) is 0 Å². The van der Waals surface area contributed by atoms with Crippen molar-refractivity contribution in [3.8, 4) is 106 Å². The molecule has 0 radical (unpaired) electrons. The van der Waals surface area contributed by atoms with Gasteiger partial charge in [0.1, 0.15) is 5.75 Å². The smallest absolute Gasteiger partial charge is 0.376 e. The van der Waals surface area contributed by atoms with Crippen molar-refractivity contribution in [3.05, 3.63) is 229 Å². The molecule has 3 heterocycles. The highest BCUT2D eigenvalue weighted by atomic mass is 32.2. The molecule has 6 nitrogen and oxygen atoms in total. The summed E-state index contributed by atoms with van der Waals surface area (Å²) in [6.07, 6.45) is 5.05. The molecule has 71 heavy (non-hydrogen) atoms. The molecule has 0 saturated carbocycles. The molecule has 0 atom stereocenters. The maximum absolute atomic E-state index is 13.2. The Hall–Kier alpha value is -8.47. The molecule has 10 heteroatoms. The van der Waals surface area contributed by atoms with Gasteiger partial charge in [0.25, 0.3) is 0 Å². The van der Waals surface area contributed by atoms with E-state index in [-0.39, 0.29) is 11.3 Å². The van der Waals surface area contributed by atoms with Crippen LogP contribution in [0.5, 0.6) is 5.75 Å².